The molecule has 130 valence electrons. The monoisotopic (exact) mass is 337 g/mol. The molecule has 2 aromatic rings. The summed E-state index contributed by atoms with van der Waals surface area (Å²) in [5.74, 6) is 0.0344. The highest BCUT2D eigenvalue weighted by Gasteiger charge is 2.22. The van der Waals surface area contributed by atoms with Crippen molar-refractivity contribution in [2.45, 2.75) is 13.0 Å². The predicted molar refractivity (Wildman–Crippen MR) is 97.2 cm³/mol. The number of hydrogen-bond donors (Lipinski definition) is 1. The molecule has 0 bridgehead atoms. The van der Waals surface area contributed by atoms with Gasteiger partial charge in [-0.05, 0) is 24.1 Å². The van der Waals surface area contributed by atoms with Gasteiger partial charge in [0.05, 0.1) is 0 Å². The molecule has 0 unspecified atom stereocenters. The van der Waals surface area contributed by atoms with Gasteiger partial charge in [0.1, 0.15) is 0 Å². The summed E-state index contributed by atoms with van der Waals surface area (Å²) in [7, 11) is 0. The van der Waals surface area contributed by atoms with E-state index < -0.39 is 0 Å². The lowest BCUT2D eigenvalue weighted by Gasteiger charge is -2.22. The average molecular weight is 337 g/mol. The highest BCUT2D eigenvalue weighted by molar-refractivity contribution is 5.94. The molecule has 0 spiro atoms. The lowest BCUT2D eigenvalue weighted by Crippen LogP contribution is -2.42. The van der Waals surface area contributed by atoms with Crippen molar-refractivity contribution in [1.82, 2.24) is 15.1 Å². The number of carbonyl (C=O) groups is 2. The SMILES string of the molecule is O=C(NCc1ccccc1)N1CCCN(C(=O)c2ccccc2)CC1. The third-order valence-electron chi connectivity index (χ3n) is 4.38. The van der Waals surface area contributed by atoms with Crippen LogP contribution in [0, 0.1) is 0 Å². The minimum Gasteiger partial charge on any atom is -0.337 e. The summed E-state index contributed by atoms with van der Waals surface area (Å²) in [5, 5.41) is 2.96. The molecule has 1 saturated heterocycles. The van der Waals surface area contributed by atoms with Crippen molar-refractivity contribution in [3.05, 3.63) is 71.8 Å². The number of hydrogen-bond acceptors (Lipinski definition) is 2. The molecule has 0 aromatic heterocycles. The highest BCUT2D eigenvalue weighted by atomic mass is 16.2. The standard InChI is InChI=1S/C20H23N3O2/c24-19(18-10-5-2-6-11-18)22-12-7-13-23(15-14-22)20(25)21-16-17-8-3-1-4-9-17/h1-6,8-11H,7,12-16H2,(H,21,25). The molecule has 25 heavy (non-hydrogen) atoms. The molecule has 1 aliphatic heterocycles. The first-order chi connectivity index (χ1) is 12.2. The molecule has 2 aromatic carbocycles. The third-order valence-corrected chi connectivity index (χ3v) is 4.38. The van der Waals surface area contributed by atoms with Crippen molar-refractivity contribution < 1.29 is 9.59 Å². The summed E-state index contributed by atoms with van der Waals surface area (Å²) >= 11 is 0. The molecule has 3 amide bonds. The van der Waals surface area contributed by atoms with Crippen LogP contribution in [0.15, 0.2) is 60.7 Å². The Balaban J connectivity index is 1.52. The van der Waals surface area contributed by atoms with Gasteiger partial charge in [-0.1, -0.05) is 48.5 Å². The van der Waals surface area contributed by atoms with Crippen molar-refractivity contribution in [3.8, 4) is 0 Å². The van der Waals surface area contributed by atoms with E-state index in [4.69, 9.17) is 0 Å². The van der Waals surface area contributed by atoms with E-state index in [1.54, 1.807) is 4.90 Å². The summed E-state index contributed by atoms with van der Waals surface area (Å²) in [6.07, 6.45) is 0.789. The van der Waals surface area contributed by atoms with Crippen LogP contribution < -0.4 is 5.32 Å². The minimum atomic E-state index is -0.0714. The van der Waals surface area contributed by atoms with E-state index in [1.165, 1.54) is 0 Å². The molecule has 0 saturated carbocycles. The van der Waals surface area contributed by atoms with E-state index in [1.807, 2.05) is 65.6 Å². The van der Waals surface area contributed by atoms with Crippen molar-refractivity contribution in [1.29, 1.82) is 0 Å². The first kappa shape index (κ1) is 17.0. The van der Waals surface area contributed by atoms with Gasteiger partial charge >= 0.3 is 6.03 Å². The number of benzene rings is 2. The maximum absolute atomic E-state index is 12.5. The third kappa shape index (κ3) is 4.59. The molecule has 1 heterocycles. The molecule has 0 atom stereocenters. The molecule has 3 rings (SSSR count). The van der Waals surface area contributed by atoms with E-state index in [0.717, 1.165) is 12.0 Å². The molecule has 5 nitrogen and oxygen atoms in total. The number of rotatable bonds is 3. The van der Waals surface area contributed by atoms with Crippen molar-refractivity contribution in [3.63, 3.8) is 0 Å². The maximum Gasteiger partial charge on any atom is 0.317 e. The van der Waals surface area contributed by atoms with Gasteiger partial charge in [-0.15, -0.1) is 0 Å². The summed E-state index contributed by atoms with van der Waals surface area (Å²) in [6.45, 7) is 2.98. The first-order valence-electron chi connectivity index (χ1n) is 8.65. The Labute approximate surface area is 148 Å². The zero-order valence-corrected chi connectivity index (χ0v) is 14.2. The lowest BCUT2D eigenvalue weighted by molar-refractivity contribution is 0.0762. The largest absolute Gasteiger partial charge is 0.337 e. The molecule has 1 fully saturated rings. The summed E-state index contributed by atoms with van der Waals surface area (Å²) in [4.78, 5) is 28.6. The van der Waals surface area contributed by atoms with Crippen molar-refractivity contribution in [2.24, 2.45) is 0 Å². The van der Waals surface area contributed by atoms with Gasteiger partial charge in [-0.25, -0.2) is 4.79 Å². The number of nitrogens with one attached hydrogen (secondary N) is 1. The zero-order chi connectivity index (χ0) is 17.5. The van der Waals surface area contributed by atoms with Crippen LogP contribution in [-0.2, 0) is 6.54 Å². The second kappa shape index (κ2) is 8.33. The summed E-state index contributed by atoms with van der Waals surface area (Å²) < 4.78 is 0. The quantitative estimate of drug-likeness (QED) is 0.936. The van der Waals surface area contributed by atoms with Crippen LogP contribution in [0.25, 0.3) is 0 Å². The highest BCUT2D eigenvalue weighted by Crippen LogP contribution is 2.09. The van der Waals surface area contributed by atoms with Gasteiger partial charge in [0, 0.05) is 38.3 Å². The second-order valence-corrected chi connectivity index (χ2v) is 6.14. The molecule has 5 heteroatoms. The Bertz CT molecular complexity index is 703. The fourth-order valence-corrected chi connectivity index (χ4v) is 2.97. The van der Waals surface area contributed by atoms with Crippen molar-refractivity contribution >= 4 is 11.9 Å². The van der Waals surface area contributed by atoms with Gasteiger partial charge < -0.3 is 15.1 Å². The minimum absolute atomic E-state index is 0.0344. The molecular weight excluding hydrogens is 314 g/mol. The van der Waals surface area contributed by atoms with Gasteiger partial charge in [0.15, 0.2) is 0 Å². The normalized spacial score (nSPS) is 14.7. The Morgan fingerprint density at radius 1 is 0.800 bits per heavy atom. The van der Waals surface area contributed by atoms with Crippen LogP contribution in [0.5, 0.6) is 0 Å². The second-order valence-electron chi connectivity index (χ2n) is 6.14. The fraction of sp³-hybridized carbons (Fsp3) is 0.300. The van der Waals surface area contributed by atoms with Crippen LogP contribution in [0.3, 0.4) is 0 Å². The fourth-order valence-electron chi connectivity index (χ4n) is 2.97. The summed E-state index contributed by atoms with van der Waals surface area (Å²) in [5.41, 5.74) is 1.77. The zero-order valence-electron chi connectivity index (χ0n) is 14.2. The van der Waals surface area contributed by atoms with Crippen molar-refractivity contribution in [2.75, 3.05) is 26.2 Å². The van der Waals surface area contributed by atoms with E-state index in [-0.39, 0.29) is 11.9 Å². The maximum atomic E-state index is 12.5. The van der Waals surface area contributed by atoms with Crippen LogP contribution in [0.1, 0.15) is 22.3 Å². The smallest absolute Gasteiger partial charge is 0.317 e. The lowest BCUT2D eigenvalue weighted by atomic mass is 10.2. The topological polar surface area (TPSA) is 52.7 Å². The van der Waals surface area contributed by atoms with Crippen LogP contribution in [0.2, 0.25) is 0 Å². The number of carbonyl (C=O) groups excluding carboxylic acids is 2. The average Bonchev–Trinajstić information content (AvgIpc) is 2.93. The number of nitrogens with zero attached hydrogens (tertiary/aromatic N) is 2. The molecule has 1 N–H and O–H groups in total. The number of amides is 3. The Morgan fingerprint density at radius 3 is 2.12 bits per heavy atom. The van der Waals surface area contributed by atoms with Crippen LogP contribution in [0.4, 0.5) is 4.79 Å². The first-order valence-corrected chi connectivity index (χ1v) is 8.65. The van der Waals surface area contributed by atoms with E-state index in [0.29, 0.717) is 38.3 Å². The van der Waals surface area contributed by atoms with Crippen LogP contribution in [-0.4, -0.2) is 47.9 Å². The predicted octanol–water partition coefficient (Wildman–Crippen LogP) is 2.74. The Morgan fingerprint density at radius 2 is 1.40 bits per heavy atom. The van der Waals surface area contributed by atoms with Crippen LogP contribution >= 0.6 is 0 Å². The van der Waals surface area contributed by atoms with Gasteiger partial charge in [0.2, 0.25) is 0 Å². The van der Waals surface area contributed by atoms with Gasteiger partial charge in [-0.3, -0.25) is 4.79 Å². The van der Waals surface area contributed by atoms with E-state index in [9.17, 15) is 9.59 Å². The molecule has 0 radical (unpaired) electrons. The Hall–Kier alpha value is -2.82. The van der Waals surface area contributed by atoms with E-state index >= 15 is 0 Å². The van der Waals surface area contributed by atoms with Gasteiger partial charge in [0.25, 0.3) is 5.91 Å². The molecule has 1 aliphatic rings. The van der Waals surface area contributed by atoms with Gasteiger partial charge in [-0.2, -0.15) is 0 Å². The van der Waals surface area contributed by atoms with E-state index in [2.05, 4.69) is 5.32 Å². The summed E-state index contributed by atoms with van der Waals surface area (Å²) in [6, 6.07) is 19.1. The Kier molecular flexibility index (Phi) is 5.67. The molecular formula is C20H23N3O2. The number of urea groups is 1. The molecule has 0 aliphatic carbocycles.